The summed E-state index contributed by atoms with van der Waals surface area (Å²) < 4.78 is 13.1. The van der Waals surface area contributed by atoms with E-state index in [1.165, 1.54) is 17.0 Å². The third-order valence-corrected chi connectivity index (χ3v) is 3.10. The molecule has 0 unspecified atom stereocenters. The third kappa shape index (κ3) is 2.28. The average molecular weight is 249 g/mol. The number of hydrogen-bond donors (Lipinski definition) is 0. The number of rotatable bonds is 4. The number of amides is 1. The lowest BCUT2D eigenvalue weighted by Gasteiger charge is -2.16. The van der Waals surface area contributed by atoms with Crippen molar-refractivity contribution in [2.45, 2.75) is 26.7 Å². The summed E-state index contributed by atoms with van der Waals surface area (Å²) in [5.74, 6) is -1.07. The summed E-state index contributed by atoms with van der Waals surface area (Å²) in [6, 6.07) is 3.92. The standard InChI is InChI=1S/C14H16FNO2/c1-9(2)4-3-7-16-12-6-5-10(15)8-11(12)13(17)14(16)18/h5-6,8-9H,3-4,7H2,1-2H3. The molecule has 0 N–H and O–H groups in total. The lowest BCUT2D eigenvalue weighted by Crippen LogP contribution is -2.30. The largest absolute Gasteiger partial charge is 0.305 e. The summed E-state index contributed by atoms with van der Waals surface area (Å²) in [5.41, 5.74) is 0.722. The van der Waals surface area contributed by atoms with Gasteiger partial charge in [0.15, 0.2) is 0 Å². The second-order valence-electron chi connectivity index (χ2n) is 4.98. The fourth-order valence-electron chi connectivity index (χ4n) is 2.15. The summed E-state index contributed by atoms with van der Waals surface area (Å²) in [4.78, 5) is 25.0. The highest BCUT2D eigenvalue weighted by Crippen LogP contribution is 2.29. The highest BCUT2D eigenvalue weighted by molar-refractivity contribution is 6.52. The van der Waals surface area contributed by atoms with Gasteiger partial charge in [-0.2, -0.15) is 0 Å². The van der Waals surface area contributed by atoms with Crippen molar-refractivity contribution >= 4 is 17.4 Å². The smallest absolute Gasteiger partial charge is 0.299 e. The number of carbonyl (C=O) groups excluding carboxylic acids is 2. The Hall–Kier alpha value is -1.71. The van der Waals surface area contributed by atoms with Gasteiger partial charge in [-0.05, 0) is 37.0 Å². The fourth-order valence-corrected chi connectivity index (χ4v) is 2.15. The maximum atomic E-state index is 13.1. The molecule has 1 aliphatic heterocycles. The third-order valence-electron chi connectivity index (χ3n) is 3.10. The Morgan fingerprint density at radius 1 is 1.28 bits per heavy atom. The van der Waals surface area contributed by atoms with Crippen LogP contribution >= 0.6 is 0 Å². The van der Waals surface area contributed by atoms with Crippen LogP contribution in [0.15, 0.2) is 18.2 Å². The number of nitrogens with zero attached hydrogens (tertiary/aromatic N) is 1. The zero-order valence-electron chi connectivity index (χ0n) is 10.6. The second-order valence-corrected chi connectivity index (χ2v) is 4.98. The van der Waals surface area contributed by atoms with Crippen LogP contribution in [0.2, 0.25) is 0 Å². The first-order valence-electron chi connectivity index (χ1n) is 6.16. The number of benzene rings is 1. The fraction of sp³-hybridized carbons (Fsp3) is 0.429. The Morgan fingerprint density at radius 3 is 2.67 bits per heavy atom. The highest BCUT2D eigenvalue weighted by atomic mass is 19.1. The van der Waals surface area contributed by atoms with E-state index in [1.54, 1.807) is 0 Å². The van der Waals surface area contributed by atoms with Crippen LogP contribution < -0.4 is 4.90 Å². The molecule has 0 atom stereocenters. The quantitative estimate of drug-likeness (QED) is 0.769. The van der Waals surface area contributed by atoms with Crippen molar-refractivity contribution in [1.29, 1.82) is 0 Å². The first kappa shape index (κ1) is 12.7. The molecule has 0 fully saturated rings. The number of fused-ring (bicyclic) bond motifs is 1. The Labute approximate surface area is 106 Å². The van der Waals surface area contributed by atoms with Crippen molar-refractivity contribution < 1.29 is 14.0 Å². The van der Waals surface area contributed by atoms with Gasteiger partial charge < -0.3 is 4.90 Å². The van der Waals surface area contributed by atoms with Crippen LogP contribution in [0.4, 0.5) is 10.1 Å². The highest BCUT2D eigenvalue weighted by Gasteiger charge is 2.35. The predicted octanol–water partition coefficient (Wildman–Crippen LogP) is 2.79. The monoisotopic (exact) mass is 249 g/mol. The summed E-state index contributed by atoms with van der Waals surface area (Å²) in [6.45, 7) is 4.74. The zero-order chi connectivity index (χ0) is 13.3. The molecule has 1 amide bonds. The molecule has 18 heavy (non-hydrogen) atoms. The van der Waals surface area contributed by atoms with Gasteiger partial charge in [-0.15, -0.1) is 0 Å². The first-order chi connectivity index (χ1) is 8.50. The van der Waals surface area contributed by atoms with E-state index in [0.29, 0.717) is 18.2 Å². The molecule has 0 saturated carbocycles. The molecule has 0 saturated heterocycles. The van der Waals surface area contributed by atoms with Crippen molar-refractivity contribution in [2.75, 3.05) is 11.4 Å². The minimum atomic E-state index is -0.603. The molecule has 1 aromatic rings. The van der Waals surface area contributed by atoms with Crippen LogP contribution in [0, 0.1) is 11.7 Å². The molecular formula is C14H16FNO2. The minimum Gasteiger partial charge on any atom is -0.305 e. The molecule has 0 radical (unpaired) electrons. The zero-order valence-corrected chi connectivity index (χ0v) is 10.6. The number of anilines is 1. The van der Waals surface area contributed by atoms with Gasteiger partial charge in [-0.1, -0.05) is 13.8 Å². The van der Waals surface area contributed by atoms with Crippen molar-refractivity contribution in [3.05, 3.63) is 29.6 Å². The number of halogens is 1. The second kappa shape index (κ2) is 4.88. The SMILES string of the molecule is CC(C)CCCN1C(=O)C(=O)c2cc(F)ccc21. The predicted molar refractivity (Wildman–Crippen MR) is 67.2 cm³/mol. The van der Waals surface area contributed by atoms with Gasteiger partial charge in [-0.3, -0.25) is 9.59 Å². The van der Waals surface area contributed by atoms with Crippen molar-refractivity contribution in [2.24, 2.45) is 5.92 Å². The van der Waals surface area contributed by atoms with E-state index < -0.39 is 17.5 Å². The lowest BCUT2D eigenvalue weighted by molar-refractivity contribution is -0.114. The molecule has 4 heteroatoms. The summed E-state index contributed by atoms with van der Waals surface area (Å²) >= 11 is 0. The van der Waals surface area contributed by atoms with Gasteiger partial charge >= 0.3 is 0 Å². The van der Waals surface area contributed by atoms with Crippen LogP contribution in [0.5, 0.6) is 0 Å². The minimum absolute atomic E-state index is 0.185. The Kier molecular flexibility index (Phi) is 3.45. The molecule has 0 aliphatic carbocycles. The summed E-state index contributed by atoms with van der Waals surface area (Å²) in [6.07, 6.45) is 1.84. The summed E-state index contributed by atoms with van der Waals surface area (Å²) in [7, 11) is 0. The van der Waals surface area contributed by atoms with Gasteiger partial charge in [0, 0.05) is 6.54 Å². The van der Waals surface area contributed by atoms with Crippen molar-refractivity contribution in [3.63, 3.8) is 0 Å². The van der Waals surface area contributed by atoms with E-state index in [4.69, 9.17) is 0 Å². The van der Waals surface area contributed by atoms with Gasteiger partial charge in [0.2, 0.25) is 0 Å². The molecular weight excluding hydrogens is 233 g/mol. The Balaban J connectivity index is 2.18. The van der Waals surface area contributed by atoms with E-state index in [2.05, 4.69) is 13.8 Å². The van der Waals surface area contributed by atoms with Gasteiger partial charge in [0.25, 0.3) is 11.7 Å². The molecule has 0 aromatic heterocycles. The van der Waals surface area contributed by atoms with Crippen LogP contribution in [0.25, 0.3) is 0 Å². The van der Waals surface area contributed by atoms with Crippen molar-refractivity contribution in [3.8, 4) is 0 Å². The number of Topliss-reactive ketones (excluding diaryl/α,β-unsaturated/α-hetero) is 1. The normalized spacial score (nSPS) is 14.6. The molecule has 3 nitrogen and oxygen atoms in total. The molecule has 0 bridgehead atoms. The van der Waals surface area contributed by atoms with E-state index in [1.807, 2.05) is 0 Å². The first-order valence-corrected chi connectivity index (χ1v) is 6.16. The number of hydrogen-bond acceptors (Lipinski definition) is 2. The van der Waals surface area contributed by atoms with Crippen molar-refractivity contribution in [1.82, 2.24) is 0 Å². The average Bonchev–Trinajstić information content (AvgIpc) is 2.54. The van der Waals surface area contributed by atoms with Gasteiger partial charge in [-0.25, -0.2) is 4.39 Å². The summed E-state index contributed by atoms with van der Waals surface area (Å²) in [5, 5.41) is 0. The topological polar surface area (TPSA) is 37.4 Å². The maximum absolute atomic E-state index is 13.1. The van der Waals surface area contributed by atoms with Crippen LogP contribution in [-0.4, -0.2) is 18.2 Å². The Morgan fingerprint density at radius 2 is 2.00 bits per heavy atom. The van der Waals surface area contributed by atoms with E-state index in [-0.39, 0.29) is 5.56 Å². The van der Waals surface area contributed by atoms with Gasteiger partial charge in [0.05, 0.1) is 11.3 Å². The van der Waals surface area contributed by atoms with Crippen LogP contribution in [-0.2, 0) is 4.79 Å². The van der Waals surface area contributed by atoms with Gasteiger partial charge in [0.1, 0.15) is 5.82 Å². The molecule has 0 spiro atoms. The Bertz CT molecular complexity index is 497. The van der Waals surface area contributed by atoms with E-state index in [0.717, 1.165) is 18.9 Å². The van der Waals surface area contributed by atoms with Crippen LogP contribution in [0.3, 0.4) is 0 Å². The lowest BCUT2D eigenvalue weighted by atomic mass is 10.1. The molecule has 1 heterocycles. The molecule has 96 valence electrons. The maximum Gasteiger partial charge on any atom is 0.299 e. The van der Waals surface area contributed by atoms with E-state index in [9.17, 15) is 14.0 Å². The molecule has 1 aliphatic rings. The molecule has 2 rings (SSSR count). The number of ketones is 1. The number of carbonyl (C=O) groups is 2. The van der Waals surface area contributed by atoms with E-state index >= 15 is 0 Å². The van der Waals surface area contributed by atoms with Crippen LogP contribution in [0.1, 0.15) is 37.0 Å². The molecule has 1 aromatic carbocycles.